The Morgan fingerprint density at radius 2 is 0.517 bits per heavy atom. The van der Waals surface area contributed by atoms with E-state index in [1.54, 1.807) is 67.4 Å². The Balaban J connectivity index is 0.000000112. The van der Waals surface area contributed by atoms with Gasteiger partial charge in [-0.2, -0.15) is 0 Å². The van der Waals surface area contributed by atoms with E-state index >= 15 is 0 Å². The number of fused-ring (bicyclic) bond motifs is 3. The number of hydrogen-bond donors (Lipinski definition) is 6. The summed E-state index contributed by atoms with van der Waals surface area (Å²) >= 11 is 0. The molecule has 6 saturated carbocycles. The monoisotopic (exact) mass is 2010 g/mol. The first-order chi connectivity index (χ1) is 72.0. The van der Waals surface area contributed by atoms with Gasteiger partial charge in [-0.1, -0.05) is 125 Å². The zero-order chi connectivity index (χ0) is 104. The van der Waals surface area contributed by atoms with Crippen molar-refractivity contribution in [2.75, 3.05) is 31.9 Å². The van der Waals surface area contributed by atoms with E-state index in [0.717, 1.165) is 101 Å². The Kier molecular flexibility index (Phi) is 30.3. The van der Waals surface area contributed by atoms with Crippen LogP contribution >= 0.6 is 0 Å². The van der Waals surface area contributed by atoms with Crippen molar-refractivity contribution in [3.8, 4) is 0 Å². The predicted octanol–water partition coefficient (Wildman–Crippen LogP) is 28.5. The van der Waals surface area contributed by atoms with Gasteiger partial charge in [0.05, 0.1) is 65.4 Å². The van der Waals surface area contributed by atoms with Gasteiger partial charge in [-0.3, -0.25) is 43.7 Å². The van der Waals surface area contributed by atoms with Crippen molar-refractivity contribution in [2.45, 2.75) is 209 Å². The molecule has 0 radical (unpaired) electrons. The maximum atomic E-state index is 13.7. The molecule has 6 atom stereocenters. The molecule has 3 spiro atoms. The number of carbonyl (C=O) groups is 6. The molecular formula is C122H121F6N15O6. The minimum absolute atomic E-state index is 0.00322. The number of benzene rings is 6. The molecular weight excluding hydrogens is 1890 g/mol. The number of nitrogens with one attached hydrogen (secondary N) is 6. The molecule has 6 heterocycles. The van der Waals surface area contributed by atoms with E-state index in [0.29, 0.717) is 68.4 Å². The minimum atomic E-state index is -0.911. The summed E-state index contributed by atoms with van der Waals surface area (Å²) in [7, 11) is 0. The van der Waals surface area contributed by atoms with Crippen LogP contribution in [-0.4, -0.2) is 80.3 Å². The Labute approximate surface area is 864 Å². The van der Waals surface area contributed by atoms with Gasteiger partial charge < -0.3 is 31.9 Å². The molecule has 12 aromatic rings. The molecule has 6 N–H and O–H groups in total. The lowest BCUT2D eigenvalue weighted by molar-refractivity contribution is 0.101. The number of anilines is 6. The van der Waals surface area contributed by atoms with Gasteiger partial charge in [-0.15, -0.1) is 0 Å². The number of nitrogens with zero attached hydrogens (tertiary/aromatic N) is 9. The summed E-state index contributed by atoms with van der Waals surface area (Å²) in [6.45, 7) is 17.0. The van der Waals surface area contributed by atoms with Crippen molar-refractivity contribution < 1.29 is 55.1 Å². The summed E-state index contributed by atoms with van der Waals surface area (Å²) in [5.41, 5.74) is 26.3. The quantitative estimate of drug-likeness (QED) is 0.0435. The molecule has 0 bridgehead atoms. The van der Waals surface area contributed by atoms with E-state index in [4.69, 9.17) is 0 Å². The lowest BCUT2D eigenvalue weighted by atomic mass is 9.92. The largest absolute Gasteiger partial charge is 0.307 e. The highest BCUT2D eigenvalue weighted by Crippen LogP contribution is 2.67. The van der Waals surface area contributed by atoms with E-state index in [9.17, 15) is 55.1 Å². The van der Waals surface area contributed by atoms with Crippen LogP contribution < -0.4 is 31.9 Å². The Bertz CT molecular complexity index is 7050. The van der Waals surface area contributed by atoms with Crippen LogP contribution in [-0.2, 0) is 0 Å². The molecule has 12 aliphatic rings. The lowest BCUT2D eigenvalue weighted by Gasteiger charge is -2.14. The second-order valence-corrected chi connectivity index (χ2v) is 42.1. The highest BCUT2D eigenvalue weighted by molar-refractivity contribution is 6.08. The third-order valence-electron chi connectivity index (χ3n) is 32.3. The fourth-order valence-corrected chi connectivity index (χ4v) is 24.6. The van der Waals surface area contributed by atoms with Crippen molar-refractivity contribution in [1.82, 2.24) is 44.9 Å². The third-order valence-corrected chi connectivity index (χ3v) is 32.3. The smallest absolute Gasteiger partial charge is 0.262 e. The average molecular weight is 2010 g/mol. The van der Waals surface area contributed by atoms with Gasteiger partial charge in [0.2, 0.25) is 0 Å². The number of pyridine rings is 3. The minimum Gasteiger partial charge on any atom is -0.307 e. The summed E-state index contributed by atoms with van der Waals surface area (Å²) in [5.74, 6) is -1.27. The number of amides is 6. The fraction of sp³-hybridized carbons (Fsp3) is 0.336. The standard InChI is InChI=1S/C21H23N3O.C21H22N2O.C20H19F2N3O.C20H18F2N2O.C20H20FN3O.C20H19FN2O/c1-13-6-3-4-8-16(13)21(25)24-19-12-22-18(11-23-19)20-14(2)10-15-7-5-9-17(15)20;1-14-5-3-4-6-17(14)20(24)23-18-8-7-16(13-22-18)19-15(2)9-10-21(19)11-12-21;1-11-8-12-4-2-5-13(12)18(11)16-9-24-17(10-23-16)25-20(26)19-14(21)6-3-7-15(19)22;1-12-7-8-20(9-10-20)18(12)13-5-6-16(23-11-13)24-19(25)17-14(21)3-2-4-15(17)22;1-12-9-13-5-4-7-14(13)19(12)17-10-23-18(11-22-17)24-20(25)15-6-2-3-8-16(15)21;1-13-8-9-20(10-11-20)18(13)14-6-7-17(22-12-14)23-19(24)15-4-2-3-5-16(15)21/h3-4,6,8,11-12,15,17H,5,7,9-10H2,1-2H3,(H,23,24,25);3-8,13H,9-12H2,1-2H3,(H,22,23,24);3,6-7,9-10,12-13H,2,4-5,8H2,1H3,(H,24,25,26);2-6,11H,7-10H2,1H3,(H,23,24,25);2-3,6,8,10-11,13-14H,4-5,7,9H2,1H3,(H,23,24,25);2-7,12H,8-11H2,1H3,(H,22,23,24). The van der Waals surface area contributed by atoms with Crippen molar-refractivity contribution in [1.29, 1.82) is 0 Å². The zero-order valence-electron chi connectivity index (χ0n) is 85.0. The molecule has 762 valence electrons. The number of carbonyl (C=O) groups excluding carboxylic acids is 6. The van der Waals surface area contributed by atoms with Crippen LogP contribution in [0, 0.1) is 101 Å². The summed E-state index contributed by atoms with van der Waals surface area (Å²) in [4.78, 5) is 113. The first kappa shape index (κ1) is 102. The molecule has 0 saturated heterocycles. The number of rotatable bonds is 18. The van der Waals surface area contributed by atoms with Crippen LogP contribution in [0.2, 0.25) is 0 Å². The predicted molar refractivity (Wildman–Crippen MR) is 569 cm³/mol. The van der Waals surface area contributed by atoms with Crippen LogP contribution in [0.25, 0.3) is 33.4 Å². The summed E-state index contributed by atoms with van der Waals surface area (Å²) in [6, 6.07) is 45.0. The van der Waals surface area contributed by atoms with Crippen LogP contribution in [0.5, 0.6) is 0 Å². The van der Waals surface area contributed by atoms with Gasteiger partial charge in [-0.25, -0.2) is 56.2 Å². The Morgan fingerprint density at radius 1 is 0.255 bits per heavy atom. The first-order valence-corrected chi connectivity index (χ1v) is 51.9. The van der Waals surface area contributed by atoms with Crippen molar-refractivity contribution in [3.05, 3.63) is 372 Å². The van der Waals surface area contributed by atoms with Crippen LogP contribution in [0.4, 0.5) is 61.2 Å². The van der Waals surface area contributed by atoms with E-state index in [1.807, 2.05) is 99.2 Å². The second kappa shape index (κ2) is 44.1. The fourth-order valence-electron chi connectivity index (χ4n) is 24.6. The first-order valence-electron chi connectivity index (χ1n) is 51.9. The summed E-state index contributed by atoms with van der Waals surface area (Å²) in [5, 5.41) is 15.9. The van der Waals surface area contributed by atoms with E-state index < -0.39 is 69.7 Å². The number of allylic oxidation sites excluding steroid dienone is 12. The van der Waals surface area contributed by atoms with Gasteiger partial charge >= 0.3 is 0 Å². The maximum absolute atomic E-state index is 13.7. The highest BCUT2D eigenvalue weighted by atomic mass is 19.2. The van der Waals surface area contributed by atoms with E-state index in [-0.39, 0.29) is 34.6 Å². The zero-order valence-corrected chi connectivity index (χ0v) is 85.0. The summed E-state index contributed by atoms with van der Waals surface area (Å²) < 4.78 is 82.1. The molecule has 149 heavy (non-hydrogen) atoms. The van der Waals surface area contributed by atoms with Crippen molar-refractivity contribution >= 4 is 104 Å². The molecule has 24 rings (SSSR count). The SMILES string of the molecule is CC1=C(c2ccc(NC(=O)c3c(F)cccc3F)nc2)C2(CC1)CC2.CC1=C(c2ccc(NC(=O)c3ccccc3C)nc2)C2(CC1)CC2.CC1=C(c2ccc(NC(=O)c3ccccc3F)nc2)C2(CC1)CC2.CC1=C(c2cnc(NC(=O)c3c(F)cccc3F)cn2)C2CCCC2C1.CC1=C(c2cnc(NC(=O)c3ccccc3C)cn2)C2CCCC2C1.CC1=C(c2cnc(NC(=O)c3ccccc3F)cn2)C2CCCC2C1. The van der Waals surface area contributed by atoms with Gasteiger partial charge in [0.25, 0.3) is 35.4 Å². The highest BCUT2D eigenvalue weighted by Gasteiger charge is 2.52. The Hall–Kier alpha value is -15.2. The topological polar surface area (TPSA) is 291 Å². The number of halogens is 6. The molecule has 6 amide bonds. The number of aryl methyl sites for hydroxylation is 2. The maximum Gasteiger partial charge on any atom is 0.262 e. The van der Waals surface area contributed by atoms with Gasteiger partial charge in [-0.05, 0) is 400 Å². The molecule has 21 nitrogen and oxygen atoms in total. The number of aromatic nitrogens is 9. The van der Waals surface area contributed by atoms with Gasteiger partial charge in [0.1, 0.15) is 63.5 Å². The van der Waals surface area contributed by atoms with Crippen LogP contribution in [0.15, 0.2) is 259 Å². The second-order valence-electron chi connectivity index (χ2n) is 42.1. The molecule has 6 unspecified atom stereocenters. The van der Waals surface area contributed by atoms with Gasteiger partial charge in [0.15, 0.2) is 17.5 Å². The van der Waals surface area contributed by atoms with E-state index in [2.05, 4.69) is 124 Å². The Morgan fingerprint density at radius 3 is 0.792 bits per heavy atom. The molecule has 6 aromatic heterocycles. The molecule has 0 aliphatic heterocycles. The summed E-state index contributed by atoms with van der Waals surface area (Å²) in [6.07, 6.45) is 45.1. The van der Waals surface area contributed by atoms with Gasteiger partial charge in [0, 0.05) is 29.7 Å². The molecule has 12 aliphatic carbocycles. The third kappa shape index (κ3) is 22.5. The average Bonchev–Trinajstić information content (AvgIpc) is 1.58. The normalized spacial score (nSPS) is 20.1. The molecule has 6 aromatic carbocycles. The molecule has 6 fully saturated rings. The van der Waals surface area contributed by atoms with Crippen LogP contribution in [0.3, 0.4) is 0 Å². The van der Waals surface area contributed by atoms with Crippen LogP contribution in [0.1, 0.15) is 303 Å². The molecule has 27 heteroatoms. The lowest BCUT2D eigenvalue weighted by Crippen LogP contribution is -2.17. The number of hydrogen-bond acceptors (Lipinski definition) is 15. The van der Waals surface area contributed by atoms with E-state index in [1.165, 1.54) is 250 Å². The van der Waals surface area contributed by atoms with Crippen molar-refractivity contribution in [3.63, 3.8) is 0 Å². The van der Waals surface area contributed by atoms with Crippen molar-refractivity contribution in [2.24, 2.45) is 51.8 Å².